The first-order chi connectivity index (χ1) is 8.25. The zero-order valence-corrected chi connectivity index (χ0v) is 9.17. The van der Waals surface area contributed by atoms with Crippen LogP contribution in [0.4, 0.5) is 0 Å². The highest BCUT2D eigenvalue weighted by Gasteiger charge is 1.92. The number of hydrogen-bond donors (Lipinski definition) is 1. The second kappa shape index (κ2) is 5.12. The van der Waals surface area contributed by atoms with Gasteiger partial charge in [-0.15, -0.1) is 0 Å². The molecule has 0 amide bonds. The van der Waals surface area contributed by atoms with Crippen LogP contribution in [0, 0.1) is 0 Å². The molecule has 4 heteroatoms. The van der Waals surface area contributed by atoms with Gasteiger partial charge in [0.1, 0.15) is 0 Å². The molecule has 2 rings (SSSR count). The van der Waals surface area contributed by atoms with Gasteiger partial charge in [-0.2, -0.15) is 0 Å². The Labute approximate surface area is 97.9 Å². The van der Waals surface area contributed by atoms with E-state index in [4.69, 9.17) is 0 Å². The number of nitrogens with one attached hydrogen (secondary N) is 1. The van der Waals surface area contributed by atoms with Crippen LogP contribution in [0.5, 0.6) is 0 Å². The number of H-pyrrole nitrogens is 1. The summed E-state index contributed by atoms with van der Waals surface area (Å²) in [6, 6.07) is 11.1. The van der Waals surface area contributed by atoms with Crippen LogP contribution in [0.2, 0.25) is 0 Å². The van der Waals surface area contributed by atoms with Gasteiger partial charge < -0.3 is 0 Å². The third-order valence-electron chi connectivity index (χ3n) is 2.31. The first kappa shape index (κ1) is 11.1. The molecule has 0 atom stereocenters. The lowest BCUT2D eigenvalue weighted by Crippen LogP contribution is -2.28. The zero-order valence-electron chi connectivity index (χ0n) is 9.17. The van der Waals surface area contributed by atoms with Crippen molar-refractivity contribution in [3.8, 4) is 0 Å². The van der Waals surface area contributed by atoms with Gasteiger partial charge >= 0.3 is 5.69 Å². The third-order valence-corrected chi connectivity index (χ3v) is 2.31. The van der Waals surface area contributed by atoms with Crippen molar-refractivity contribution in [3.63, 3.8) is 0 Å². The highest BCUT2D eigenvalue weighted by molar-refractivity contribution is 5.48. The molecule has 2 aromatic rings. The molecule has 0 bridgehead atoms. The van der Waals surface area contributed by atoms with Gasteiger partial charge in [0.2, 0.25) is 0 Å². The summed E-state index contributed by atoms with van der Waals surface area (Å²) in [5.74, 6) is 0. The number of nitrogens with zero attached hydrogens (tertiary/aromatic N) is 1. The first-order valence-electron chi connectivity index (χ1n) is 5.27. The quantitative estimate of drug-likeness (QED) is 0.859. The Kier molecular flexibility index (Phi) is 3.35. The Morgan fingerprint density at radius 2 is 1.88 bits per heavy atom. The van der Waals surface area contributed by atoms with Gasteiger partial charge in [-0.05, 0) is 5.56 Å². The fourth-order valence-corrected chi connectivity index (χ4v) is 1.45. The molecule has 0 unspecified atom stereocenters. The standard InChI is InChI=1S/C13H12N2O2/c16-12-8-10-15(13(17)14-12)9-4-7-11-5-2-1-3-6-11/h1-8,10H,9H2,(H,14,16,17). The fraction of sp³-hybridized carbons (Fsp3) is 0.0769. The van der Waals surface area contributed by atoms with Gasteiger partial charge in [-0.25, -0.2) is 4.79 Å². The molecular weight excluding hydrogens is 216 g/mol. The molecule has 1 aromatic heterocycles. The van der Waals surface area contributed by atoms with Crippen molar-refractivity contribution in [2.45, 2.75) is 6.54 Å². The molecular formula is C13H12N2O2. The van der Waals surface area contributed by atoms with E-state index in [-0.39, 0.29) is 5.56 Å². The van der Waals surface area contributed by atoms with E-state index in [0.717, 1.165) is 5.56 Å². The first-order valence-corrected chi connectivity index (χ1v) is 5.27. The second-order valence-corrected chi connectivity index (χ2v) is 3.58. The topological polar surface area (TPSA) is 54.9 Å². The average Bonchev–Trinajstić information content (AvgIpc) is 2.33. The van der Waals surface area contributed by atoms with Crippen molar-refractivity contribution in [3.05, 3.63) is 75.1 Å². The Morgan fingerprint density at radius 3 is 2.59 bits per heavy atom. The predicted octanol–water partition coefficient (Wildman–Crippen LogP) is 1.25. The van der Waals surface area contributed by atoms with E-state index < -0.39 is 5.69 Å². The van der Waals surface area contributed by atoms with Gasteiger partial charge in [0, 0.05) is 18.8 Å². The summed E-state index contributed by atoms with van der Waals surface area (Å²) in [7, 11) is 0. The summed E-state index contributed by atoms with van der Waals surface area (Å²) >= 11 is 0. The number of benzene rings is 1. The van der Waals surface area contributed by atoms with E-state index in [0.29, 0.717) is 6.54 Å². The molecule has 0 saturated carbocycles. The van der Waals surface area contributed by atoms with E-state index in [1.807, 2.05) is 42.5 Å². The van der Waals surface area contributed by atoms with E-state index in [1.54, 1.807) is 0 Å². The van der Waals surface area contributed by atoms with Crippen LogP contribution in [-0.4, -0.2) is 9.55 Å². The Morgan fingerprint density at radius 1 is 1.12 bits per heavy atom. The van der Waals surface area contributed by atoms with Crippen LogP contribution in [0.25, 0.3) is 6.08 Å². The molecule has 0 aliphatic carbocycles. The molecule has 0 aliphatic heterocycles. The van der Waals surface area contributed by atoms with Crippen molar-refractivity contribution < 1.29 is 0 Å². The number of aromatic nitrogens is 2. The SMILES string of the molecule is O=c1ccn(CC=Cc2ccccc2)c(=O)[nH]1. The van der Waals surface area contributed by atoms with Gasteiger partial charge in [0.15, 0.2) is 0 Å². The summed E-state index contributed by atoms with van der Waals surface area (Å²) in [6.45, 7) is 0.435. The minimum Gasteiger partial charge on any atom is -0.297 e. The summed E-state index contributed by atoms with van der Waals surface area (Å²) in [4.78, 5) is 24.4. The maximum atomic E-state index is 11.4. The van der Waals surface area contributed by atoms with Crippen molar-refractivity contribution in [2.24, 2.45) is 0 Å². The smallest absolute Gasteiger partial charge is 0.297 e. The van der Waals surface area contributed by atoms with Crippen LogP contribution in [0.3, 0.4) is 0 Å². The fourth-order valence-electron chi connectivity index (χ4n) is 1.45. The largest absolute Gasteiger partial charge is 0.328 e. The summed E-state index contributed by atoms with van der Waals surface area (Å²) in [5, 5.41) is 0. The Bertz CT molecular complexity index is 624. The monoisotopic (exact) mass is 228 g/mol. The van der Waals surface area contributed by atoms with Crippen LogP contribution in [-0.2, 0) is 6.54 Å². The van der Waals surface area contributed by atoms with Crippen molar-refractivity contribution in [1.82, 2.24) is 9.55 Å². The van der Waals surface area contributed by atoms with E-state index >= 15 is 0 Å². The van der Waals surface area contributed by atoms with E-state index in [9.17, 15) is 9.59 Å². The minimum atomic E-state index is -0.393. The number of rotatable bonds is 3. The highest BCUT2D eigenvalue weighted by Crippen LogP contribution is 2.00. The van der Waals surface area contributed by atoms with Crippen LogP contribution < -0.4 is 11.2 Å². The predicted molar refractivity (Wildman–Crippen MR) is 66.8 cm³/mol. The molecule has 0 fully saturated rings. The molecule has 0 spiro atoms. The van der Waals surface area contributed by atoms with Gasteiger partial charge in [-0.3, -0.25) is 14.3 Å². The Hall–Kier alpha value is -2.36. The molecule has 0 aliphatic rings. The molecule has 4 nitrogen and oxygen atoms in total. The van der Waals surface area contributed by atoms with Crippen molar-refractivity contribution in [1.29, 1.82) is 0 Å². The van der Waals surface area contributed by atoms with Crippen LogP contribution in [0.1, 0.15) is 5.56 Å². The molecule has 1 aromatic carbocycles. The van der Waals surface area contributed by atoms with Crippen LogP contribution in [0.15, 0.2) is 58.3 Å². The lowest BCUT2D eigenvalue weighted by molar-refractivity contribution is 0.737. The lowest BCUT2D eigenvalue weighted by atomic mass is 10.2. The third kappa shape index (κ3) is 3.04. The van der Waals surface area contributed by atoms with Crippen LogP contribution >= 0.6 is 0 Å². The maximum Gasteiger partial charge on any atom is 0.328 e. The molecule has 86 valence electrons. The van der Waals surface area contributed by atoms with Crippen molar-refractivity contribution in [2.75, 3.05) is 0 Å². The zero-order chi connectivity index (χ0) is 12.1. The second-order valence-electron chi connectivity index (χ2n) is 3.58. The minimum absolute atomic E-state index is 0.377. The molecule has 0 saturated heterocycles. The number of aromatic amines is 1. The normalized spacial score (nSPS) is 10.8. The maximum absolute atomic E-state index is 11.4. The summed E-state index contributed by atoms with van der Waals surface area (Å²) in [6.07, 6.45) is 5.28. The summed E-state index contributed by atoms with van der Waals surface area (Å²) < 4.78 is 1.43. The van der Waals surface area contributed by atoms with Crippen molar-refractivity contribution >= 4 is 6.08 Å². The molecule has 1 N–H and O–H groups in total. The average molecular weight is 228 g/mol. The van der Waals surface area contributed by atoms with Gasteiger partial charge in [-0.1, -0.05) is 42.5 Å². The van der Waals surface area contributed by atoms with Gasteiger partial charge in [0.25, 0.3) is 5.56 Å². The molecule has 17 heavy (non-hydrogen) atoms. The molecule has 0 radical (unpaired) electrons. The lowest BCUT2D eigenvalue weighted by Gasteiger charge is -1.99. The number of allylic oxidation sites excluding steroid dienone is 1. The number of hydrogen-bond acceptors (Lipinski definition) is 2. The highest BCUT2D eigenvalue weighted by atomic mass is 16.2. The Balaban J connectivity index is 2.10. The molecule has 1 heterocycles. The van der Waals surface area contributed by atoms with Gasteiger partial charge in [0.05, 0.1) is 0 Å². The van der Waals surface area contributed by atoms with E-state index in [2.05, 4.69) is 4.98 Å². The summed E-state index contributed by atoms with van der Waals surface area (Å²) in [5.41, 5.74) is 0.304. The van der Waals surface area contributed by atoms with E-state index in [1.165, 1.54) is 16.8 Å².